The molecule has 2 aliphatic rings. The minimum absolute atomic E-state index is 0. The van der Waals surface area contributed by atoms with Crippen LogP contribution in [0.1, 0.15) is 0 Å². The van der Waals surface area contributed by atoms with Gasteiger partial charge in [-0.05, 0) is 6.10 Å². The summed E-state index contributed by atoms with van der Waals surface area (Å²) in [5.74, 6) is 0. The average Bonchev–Trinajstić information content (AvgIpc) is 2.35. The predicted octanol–water partition coefficient (Wildman–Crippen LogP) is -1.48. The van der Waals surface area contributed by atoms with Crippen molar-refractivity contribution in [3.8, 4) is 0 Å². The summed E-state index contributed by atoms with van der Waals surface area (Å²) in [4.78, 5) is 0. The van der Waals surface area contributed by atoms with E-state index in [0.29, 0.717) is 13.2 Å². The van der Waals surface area contributed by atoms with Gasteiger partial charge in [0.2, 0.25) is 0 Å². The molecule has 0 amide bonds. The first-order chi connectivity index (χ1) is 4.38. The van der Waals surface area contributed by atoms with Crippen LogP contribution in [-0.2, 0) is 30.5 Å². The molecule has 2 fully saturated rings. The van der Waals surface area contributed by atoms with Crippen molar-refractivity contribution < 1.29 is 41.1 Å². The van der Waals surface area contributed by atoms with E-state index in [1.54, 1.807) is 0 Å². The smallest absolute Gasteiger partial charge is 0.103 e. The molecule has 11 heavy (non-hydrogen) atoms. The Morgan fingerprint density at radius 2 is 2.09 bits per heavy atom. The van der Waals surface area contributed by atoms with Crippen molar-refractivity contribution in [2.75, 3.05) is 13.2 Å². The molecule has 2 aliphatic heterocycles. The number of aliphatic hydroxyl groups is 1. The topological polar surface area (TPSA) is 70.2 Å². The zero-order valence-electron chi connectivity index (χ0n) is 5.90. The van der Waals surface area contributed by atoms with Crippen LogP contribution < -0.4 is 0 Å². The molecule has 0 saturated carbocycles. The number of ether oxygens (including phenoxy) is 2. The quantitative estimate of drug-likeness (QED) is 0.551. The van der Waals surface area contributed by atoms with E-state index in [2.05, 4.69) is 0 Å². The maximum Gasteiger partial charge on any atom is 0.103 e. The Labute approximate surface area is 79.4 Å². The van der Waals surface area contributed by atoms with Gasteiger partial charge in [0.15, 0.2) is 0 Å². The number of rotatable bonds is 0. The van der Waals surface area contributed by atoms with Gasteiger partial charge in [-0.1, -0.05) is 6.61 Å². The first kappa shape index (κ1) is 11.5. The molecule has 0 aromatic heterocycles. The van der Waals surface area contributed by atoms with E-state index in [1.165, 1.54) is 0 Å². The zero-order valence-corrected chi connectivity index (χ0v) is 8.83. The van der Waals surface area contributed by atoms with Crippen LogP contribution in [0.3, 0.4) is 0 Å². The molecule has 2 heterocycles. The third-order valence-electron chi connectivity index (χ3n) is 1.78. The Kier molecular flexibility index (Phi) is 4.75. The zero-order chi connectivity index (χ0) is 6.27. The summed E-state index contributed by atoms with van der Waals surface area (Å²) in [7, 11) is 0. The van der Waals surface area contributed by atoms with Crippen LogP contribution in [0.4, 0.5) is 0 Å². The number of hydrogen-bond donors (Lipinski definition) is 1. The summed E-state index contributed by atoms with van der Waals surface area (Å²) < 4.78 is 10.3. The Bertz CT molecular complexity index is 121. The van der Waals surface area contributed by atoms with Crippen LogP contribution in [0.15, 0.2) is 0 Å². The molecule has 0 aromatic rings. The average molecular weight is 331 g/mol. The van der Waals surface area contributed by atoms with E-state index in [-0.39, 0.29) is 38.7 Å². The van der Waals surface area contributed by atoms with Gasteiger partial charge in [-0.3, -0.25) is 6.42 Å². The van der Waals surface area contributed by atoms with Gasteiger partial charge in [0.25, 0.3) is 0 Å². The second kappa shape index (κ2) is 4.53. The molecule has 2 saturated heterocycles. The van der Waals surface area contributed by atoms with Crippen LogP contribution in [0.25, 0.3) is 0 Å². The second-order valence-corrected chi connectivity index (χ2v) is 2.40. The van der Waals surface area contributed by atoms with Crippen molar-refractivity contribution in [2.24, 2.45) is 0 Å². The Morgan fingerprint density at radius 3 is 2.73 bits per heavy atom. The van der Waals surface area contributed by atoms with Gasteiger partial charge in [0.05, 0.1) is 12.7 Å². The summed E-state index contributed by atoms with van der Waals surface area (Å²) in [6, 6.07) is 0. The molecule has 3 atom stereocenters. The van der Waals surface area contributed by atoms with Gasteiger partial charge >= 0.3 is 0 Å². The van der Waals surface area contributed by atoms with Crippen molar-refractivity contribution in [2.45, 2.75) is 18.3 Å². The van der Waals surface area contributed by atoms with Crippen molar-refractivity contribution in [3.63, 3.8) is 0 Å². The van der Waals surface area contributed by atoms with E-state index in [0.717, 1.165) is 0 Å². The number of fused-ring (bicyclic) bond motifs is 1. The third kappa shape index (κ3) is 2.01. The fraction of sp³-hybridized carbons (Fsp3) is 0.833. The Morgan fingerprint density at radius 1 is 1.36 bits per heavy atom. The van der Waals surface area contributed by atoms with E-state index in [1.807, 2.05) is 6.42 Å². The molecular formula is C6H11O4W-. The summed E-state index contributed by atoms with van der Waals surface area (Å²) in [5, 5.41) is 9.13. The molecule has 4 nitrogen and oxygen atoms in total. The van der Waals surface area contributed by atoms with Crippen molar-refractivity contribution in [1.29, 1.82) is 0 Å². The van der Waals surface area contributed by atoms with Gasteiger partial charge < -0.3 is 20.1 Å². The molecule has 5 heteroatoms. The second-order valence-electron chi connectivity index (χ2n) is 2.40. The van der Waals surface area contributed by atoms with Crippen molar-refractivity contribution in [3.05, 3.63) is 6.42 Å². The SMILES string of the molecule is O.OC1COC2[CH-]COC12.[W]. The summed E-state index contributed by atoms with van der Waals surface area (Å²) >= 11 is 0. The van der Waals surface area contributed by atoms with Crippen LogP contribution >= 0.6 is 0 Å². The van der Waals surface area contributed by atoms with Crippen molar-refractivity contribution in [1.82, 2.24) is 0 Å². The largest absolute Gasteiger partial charge is 0.412 e. The minimum atomic E-state index is -0.409. The van der Waals surface area contributed by atoms with Crippen molar-refractivity contribution >= 4 is 0 Å². The standard InChI is InChI=1S/C6H9O3.H2O.W/c7-4-3-9-5-1-2-8-6(4)5;;/h1,4-7H,2-3H2;1H2;/q-1;;. The van der Waals surface area contributed by atoms with Gasteiger partial charge in [0.1, 0.15) is 6.10 Å². The summed E-state index contributed by atoms with van der Waals surface area (Å²) in [6.45, 7) is 1.04. The maximum atomic E-state index is 9.13. The Hall–Kier alpha value is 0.528. The van der Waals surface area contributed by atoms with E-state index < -0.39 is 6.10 Å². The monoisotopic (exact) mass is 331 g/mol. The molecule has 2 rings (SSSR count). The van der Waals surface area contributed by atoms with Gasteiger partial charge in [-0.15, -0.1) is 0 Å². The van der Waals surface area contributed by atoms with E-state index in [9.17, 15) is 0 Å². The molecule has 0 spiro atoms. The fourth-order valence-electron chi connectivity index (χ4n) is 1.29. The molecule has 66 valence electrons. The summed E-state index contributed by atoms with van der Waals surface area (Å²) in [6.07, 6.45) is 1.51. The summed E-state index contributed by atoms with van der Waals surface area (Å²) in [5.41, 5.74) is 0. The van der Waals surface area contributed by atoms with Gasteiger partial charge in [-0.2, -0.15) is 0 Å². The molecular weight excluding hydrogens is 320 g/mol. The molecule has 0 aliphatic carbocycles. The molecule has 3 unspecified atom stereocenters. The molecule has 3 N–H and O–H groups in total. The maximum absolute atomic E-state index is 9.13. The van der Waals surface area contributed by atoms with E-state index >= 15 is 0 Å². The van der Waals surface area contributed by atoms with Crippen LogP contribution in [-0.4, -0.2) is 42.1 Å². The molecule has 0 aromatic carbocycles. The predicted molar refractivity (Wildman–Crippen MR) is 33.4 cm³/mol. The van der Waals surface area contributed by atoms with Gasteiger partial charge in [-0.25, -0.2) is 0 Å². The first-order valence-corrected chi connectivity index (χ1v) is 3.12. The number of aliphatic hydroxyl groups excluding tert-OH is 1. The first-order valence-electron chi connectivity index (χ1n) is 3.12. The molecule has 0 radical (unpaired) electrons. The molecule has 0 bridgehead atoms. The fourth-order valence-corrected chi connectivity index (χ4v) is 1.29. The number of hydrogen-bond acceptors (Lipinski definition) is 3. The van der Waals surface area contributed by atoms with Crippen LogP contribution in [0, 0.1) is 6.42 Å². The van der Waals surface area contributed by atoms with Gasteiger partial charge in [0, 0.05) is 21.1 Å². The minimum Gasteiger partial charge on any atom is -0.412 e. The van der Waals surface area contributed by atoms with E-state index in [4.69, 9.17) is 14.6 Å². The normalized spacial score (nSPS) is 40.6. The van der Waals surface area contributed by atoms with Crippen LogP contribution in [0.5, 0.6) is 0 Å². The Balaban J connectivity index is 0.000000500. The third-order valence-corrected chi connectivity index (χ3v) is 1.78. The van der Waals surface area contributed by atoms with Crippen LogP contribution in [0.2, 0.25) is 0 Å².